The van der Waals surface area contributed by atoms with E-state index < -0.39 is 0 Å². The number of carbonyl (C=O) groups excluding carboxylic acids is 2. The van der Waals surface area contributed by atoms with Crippen LogP contribution in [0.2, 0.25) is 0 Å². The SMILES string of the molecule is COc1ccc(CC[NH+](C)[C@@H](C)C(=O)NC(=O)NC2CCCC2)cc1OC. The van der Waals surface area contributed by atoms with E-state index in [1.54, 1.807) is 14.2 Å². The van der Waals surface area contributed by atoms with Crippen molar-refractivity contribution in [3.05, 3.63) is 23.8 Å². The van der Waals surface area contributed by atoms with Crippen molar-refractivity contribution in [3.8, 4) is 11.5 Å². The topological polar surface area (TPSA) is 81.1 Å². The Hall–Kier alpha value is -2.28. The number of ether oxygens (including phenoxy) is 2. The molecule has 0 aromatic heterocycles. The van der Waals surface area contributed by atoms with E-state index in [2.05, 4.69) is 10.6 Å². The van der Waals surface area contributed by atoms with Crippen molar-refractivity contribution in [2.75, 3.05) is 27.8 Å². The van der Waals surface area contributed by atoms with Crippen molar-refractivity contribution in [2.24, 2.45) is 0 Å². The molecule has 0 bridgehead atoms. The van der Waals surface area contributed by atoms with Gasteiger partial charge < -0.3 is 19.7 Å². The maximum absolute atomic E-state index is 12.3. The molecule has 27 heavy (non-hydrogen) atoms. The average molecular weight is 378 g/mol. The van der Waals surface area contributed by atoms with Gasteiger partial charge in [-0.1, -0.05) is 18.9 Å². The third kappa shape index (κ3) is 6.13. The second-order valence-corrected chi connectivity index (χ2v) is 7.20. The highest BCUT2D eigenvalue weighted by molar-refractivity contribution is 5.96. The Labute approximate surface area is 161 Å². The lowest BCUT2D eigenvalue weighted by Gasteiger charge is -2.21. The molecular formula is C20H32N3O4+. The number of benzene rings is 1. The van der Waals surface area contributed by atoms with Gasteiger partial charge in [0, 0.05) is 12.5 Å². The Morgan fingerprint density at radius 2 is 1.85 bits per heavy atom. The summed E-state index contributed by atoms with van der Waals surface area (Å²) >= 11 is 0. The molecule has 7 heteroatoms. The van der Waals surface area contributed by atoms with Crippen LogP contribution < -0.4 is 25.0 Å². The zero-order valence-corrected chi connectivity index (χ0v) is 16.8. The third-order valence-electron chi connectivity index (χ3n) is 5.32. The van der Waals surface area contributed by atoms with Crippen LogP contribution in [0.1, 0.15) is 38.2 Å². The van der Waals surface area contributed by atoms with Gasteiger partial charge in [0.15, 0.2) is 17.5 Å². The van der Waals surface area contributed by atoms with E-state index >= 15 is 0 Å². The number of urea groups is 1. The first-order chi connectivity index (χ1) is 12.9. The molecule has 2 atom stereocenters. The van der Waals surface area contributed by atoms with E-state index in [4.69, 9.17) is 9.47 Å². The van der Waals surface area contributed by atoms with E-state index in [-0.39, 0.29) is 24.0 Å². The lowest BCUT2D eigenvalue weighted by atomic mass is 10.1. The van der Waals surface area contributed by atoms with Crippen LogP contribution in [-0.2, 0) is 11.2 Å². The van der Waals surface area contributed by atoms with E-state index in [1.807, 2.05) is 32.2 Å². The van der Waals surface area contributed by atoms with Gasteiger partial charge in [0.05, 0.1) is 27.8 Å². The van der Waals surface area contributed by atoms with Gasteiger partial charge in [0.1, 0.15) is 0 Å². The minimum absolute atomic E-state index is 0.197. The van der Waals surface area contributed by atoms with Gasteiger partial charge in [0.25, 0.3) is 5.91 Å². The summed E-state index contributed by atoms with van der Waals surface area (Å²) in [5.74, 6) is 1.14. The lowest BCUT2D eigenvalue weighted by Crippen LogP contribution is -3.14. The number of quaternary nitrogens is 1. The highest BCUT2D eigenvalue weighted by Gasteiger charge is 2.25. The number of imide groups is 1. The number of carbonyl (C=O) groups is 2. The molecule has 150 valence electrons. The summed E-state index contributed by atoms with van der Waals surface area (Å²) in [4.78, 5) is 25.3. The van der Waals surface area contributed by atoms with Gasteiger partial charge in [-0.25, -0.2) is 4.79 Å². The summed E-state index contributed by atoms with van der Waals surface area (Å²) in [6.45, 7) is 2.59. The number of likely N-dealkylation sites (N-methyl/N-ethyl adjacent to an activating group) is 1. The molecule has 1 saturated carbocycles. The molecule has 1 aromatic carbocycles. The van der Waals surface area contributed by atoms with Gasteiger partial charge in [-0.15, -0.1) is 0 Å². The smallest absolute Gasteiger partial charge is 0.321 e. The Kier molecular flexibility index (Phi) is 7.91. The van der Waals surface area contributed by atoms with E-state index in [1.165, 1.54) is 0 Å². The molecule has 2 rings (SSSR count). The van der Waals surface area contributed by atoms with E-state index in [9.17, 15) is 9.59 Å². The summed E-state index contributed by atoms with van der Waals surface area (Å²) in [5, 5.41) is 5.35. The van der Waals surface area contributed by atoms with Crippen LogP contribution in [0.3, 0.4) is 0 Å². The number of nitrogens with one attached hydrogen (secondary N) is 3. The first kappa shape index (κ1) is 21.0. The second-order valence-electron chi connectivity index (χ2n) is 7.20. The van der Waals surface area contributed by atoms with Gasteiger partial charge in [-0.2, -0.15) is 0 Å². The maximum atomic E-state index is 12.3. The zero-order valence-electron chi connectivity index (χ0n) is 16.8. The van der Waals surface area contributed by atoms with Crippen molar-refractivity contribution in [2.45, 2.75) is 51.1 Å². The number of rotatable bonds is 8. The molecule has 0 saturated heterocycles. The molecule has 1 aromatic rings. The van der Waals surface area contributed by atoms with Gasteiger partial charge in [-0.05, 0) is 37.5 Å². The summed E-state index contributed by atoms with van der Waals surface area (Å²) in [5.41, 5.74) is 1.11. The van der Waals surface area contributed by atoms with Crippen molar-refractivity contribution in [1.29, 1.82) is 0 Å². The molecule has 1 unspecified atom stereocenters. The van der Waals surface area contributed by atoms with Crippen LogP contribution in [0.4, 0.5) is 4.79 Å². The molecule has 1 aliphatic rings. The zero-order chi connectivity index (χ0) is 19.8. The van der Waals surface area contributed by atoms with Crippen molar-refractivity contribution < 1.29 is 24.0 Å². The summed E-state index contributed by atoms with van der Waals surface area (Å²) < 4.78 is 10.6. The Morgan fingerprint density at radius 3 is 2.48 bits per heavy atom. The minimum Gasteiger partial charge on any atom is -0.493 e. The predicted molar refractivity (Wildman–Crippen MR) is 103 cm³/mol. The first-order valence-corrected chi connectivity index (χ1v) is 9.59. The Balaban J connectivity index is 1.80. The third-order valence-corrected chi connectivity index (χ3v) is 5.32. The molecule has 3 amide bonds. The van der Waals surface area contributed by atoms with Crippen molar-refractivity contribution in [3.63, 3.8) is 0 Å². The summed E-state index contributed by atoms with van der Waals surface area (Å²) in [6, 6.07) is 5.32. The number of methoxy groups -OCH3 is 2. The number of hydrogen-bond donors (Lipinski definition) is 3. The molecule has 0 heterocycles. The summed E-state index contributed by atoms with van der Waals surface area (Å²) in [7, 11) is 5.18. The molecule has 0 radical (unpaired) electrons. The largest absolute Gasteiger partial charge is 0.493 e. The molecule has 0 spiro atoms. The van der Waals surface area contributed by atoms with Crippen LogP contribution in [-0.4, -0.2) is 51.8 Å². The maximum Gasteiger partial charge on any atom is 0.321 e. The number of hydrogen-bond acceptors (Lipinski definition) is 4. The second kappa shape index (κ2) is 10.2. The van der Waals surface area contributed by atoms with Crippen LogP contribution in [0.5, 0.6) is 11.5 Å². The highest BCUT2D eigenvalue weighted by atomic mass is 16.5. The Morgan fingerprint density at radius 1 is 1.19 bits per heavy atom. The lowest BCUT2D eigenvalue weighted by molar-refractivity contribution is -0.894. The molecular weight excluding hydrogens is 346 g/mol. The highest BCUT2D eigenvalue weighted by Crippen LogP contribution is 2.27. The first-order valence-electron chi connectivity index (χ1n) is 9.59. The molecule has 7 nitrogen and oxygen atoms in total. The van der Waals surface area contributed by atoms with E-state index in [0.29, 0.717) is 11.5 Å². The van der Waals surface area contributed by atoms with Crippen LogP contribution in [0.25, 0.3) is 0 Å². The Bertz CT molecular complexity index is 644. The molecule has 1 fully saturated rings. The molecule has 1 aliphatic carbocycles. The quantitative estimate of drug-likeness (QED) is 0.628. The number of amides is 3. The average Bonchev–Trinajstić information content (AvgIpc) is 3.17. The molecule has 0 aliphatic heterocycles. The van der Waals surface area contributed by atoms with E-state index in [0.717, 1.165) is 49.1 Å². The fourth-order valence-corrected chi connectivity index (χ4v) is 3.33. The molecule has 3 N–H and O–H groups in total. The van der Waals surface area contributed by atoms with Crippen LogP contribution in [0, 0.1) is 0 Å². The summed E-state index contributed by atoms with van der Waals surface area (Å²) in [6.07, 6.45) is 5.05. The van der Waals surface area contributed by atoms with Crippen LogP contribution in [0.15, 0.2) is 18.2 Å². The standard InChI is InChI=1S/C20H31N3O4/c1-14(19(24)22-20(25)21-16-7-5-6-8-16)23(2)12-11-15-9-10-17(26-3)18(13-15)27-4/h9-10,13-14,16H,5-8,11-12H2,1-4H3,(H2,21,22,24,25)/p+1/t14-/m0/s1. The fraction of sp³-hybridized carbons (Fsp3) is 0.600. The van der Waals surface area contributed by atoms with Crippen molar-refractivity contribution >= 4 is 11.9 Å². The minimum atomic E-state index is -0.383. The monoisotopic (exact) mass is 378 g/mol. The van der Waals surface area contributed by atoms with Crippen molar-refractivity contribution in [1.82, 2.24) is 10.6 Å². The fourth-order valence-electron chi connectivity index (χ4n) is 3.33. The normalized spacial score (nSPS) is 16.4. The predicted octanol–water partition coefficient (Wildman–Crippen LogP) is 0.918. The van der Waals surface area contributed by atoms with Crippen LogP contribution >= 0.6 is 0 Å². The van der Waals surface area contributed by atoms with Gasteiger partial charge >= 0.3 is 6.03 Å². The van der Waals surface area contributed by atoms with Gasteiger partial charge in [-0.3, -0.25) is 10.1 Å². The van der Waals surface area contributed by atoms with Gasteiger partial charge in [0.2, 0.25) is 0 Å².